The third-order valence-electron chi connectivity index (χ3n) is 12.9. The van der Waals surface area contributed by atoms with Crippen molar-refractivity contribution in [2.45, 2.75) is 145 Å². The first-order valence-electron chi connectivity index (χ1n) is 23.3. The summed E-state index contributed by atoms with van der Waals surface area (Å²) in [4.78, 5) is 46.3. The van der Waals surface area contributed by atoms with Gasteiger partial charge in [-0.2, -0.15) is 0 Å². The summed E-state index contributed by atoms with van der Waals surface area (Å²) in [7, 11) is 3.21. The molecule has 10 nitrogen and oxygen atoms in total. The Hall–Kier alpha value is -4.67. The van der Waals surface area contributed by atoms with Gasteiger partial charge in [-0.1, -0.05) is 131 Å². The van der Waals surface area contributed by atoms with Crippen molar-refractivity contribution in [3.8, 4) is 28.3 Å². The third kappa shape index (κ3) is 12.7. The van der Waals surface area contributed by atoms with Gasteiger partial charge in [0.2, 0.25) is 11.8 Å². The second-order valence-corrected chi connectivity index (χ2v) is 17.2. The van der Waals surface area contributed by atoms with Crippen molar-refractivity contribution >= 4 is 35.0 Å². The van der Waals surface area contributed by atoms with E-state index in [0.29, 0.717) is 34.7 Å². The fraction of sp³-hybridized carbons (Fsp3) is 0.538. The molecule has 0 bridgehead atoms. The lowest BCUT2D eigenvalue weighted by Crippen LogP contribution is -2.49. The highest BCUT2D eigenvalue weighted by atomic mass is 35.5. The number of β-amino-alcohol motifs (C(OH)–C–C–N with tert-alkyl or cyclic N) is 1. The largest absolute Gasteiger partial charge is 0.481 e. The number of ether oxygens (including phenoxy) is 1. The summed E-state index contributed by atoms with van der Waals surface area (Å²) >= 11 is 7.14. The van der Waals surface area contributed by atoms with Crippen LogP contribution in [-0.2, 0) is 27.2 Å². The van der Waals surface area contributed by atoms with Gasteiger partial charge in [0, 0.05) is 53.6 Å². The lowest BCUT2D eigenvalue weighted by Gasteiger charge is -2.35. The molecule has 0 saturated heterocycles. The van der Waals surface area contributed by atoms with E-state index in [1.165, 1.54) is 35.1 Å². The smallest absolute Gasteiger partial charge is 0.266 e. The summed E-state index contributed by atoms with van der Waals surface area (Å²) in [5.41, 5.74) is 7.20. The van der Waals surface area contributed by atoms with Crippen LogP contribution in [0.2, 0.25) is 5.02 Å². The second-order valence-electron chi connectivity index (χ2n) is 16.8. The van der Waals surface area contributed by atoms with Crippen LogP contribution in [0.25, 0.3) is 22.4 Å². The van der Waals surface area contributed by atoms with Crippen LogP contribution >= 0.6 is 11.6 Å². The Morgan fingerprint density at radius 2 is 1.68 bits per heavy atom. The molecule has 3 N–H and O–H groups in total. The quantitative estimate of drug-likeness (QED) is 0.109. The van der Waals surface area contributed by atoms with Crippen molar-refractivity contribution in [1.82, 2.24) is 20.1 Å². The third-order valence-corrected chi connectivity index (χ3v) is 13.3. The molecule has 3 unspecified atom stereocenters. The number of aromatic nitrogens is 1. The van der Waals surface area contributed by atoms with Gasteiger partial charge >= 0.3 is 0 Å². The summed E-state index contributed by atoms with van der Waals surface area (Å²) in [6.45, 7) is 25.2. The number of carbonyl (C=O) groups is 3. The number of hydrogen-bond donors (Lipinski definition) is 3. The monoisotopic (exact) mass is 886 g/mol. The molecule has 0 radical (unpaired) electrons. The summed E-state index contributed by atoms with van der Waals surface area (Å²) in [6, 6.07) is 13.7. The number of likely N-dealkylation sites (N-methyl/N-ethyl adjacent to an activating group) is 1. The number of methoxy groups -OCH3 is 1. The van der Waals surface area contributed by atoms with Crippen molar-refractivity contribution < 1.29 is 24.2 Å². The van der Waals surface area contributed by atoms with Crippen LogP contribution in [0, 0.1) is 11.8 Å². The first kappa shape index (κ1) is 52.7. The van der Waals surface area contributed by atoms with E-state index in [1.807, 2.05) is 57.2 Å². The molecule has 3 amide bonds. The van der Waals surface area contributed by atoms with E-state index in [4.69, 9.17) is 21.3 Å². The van der Waals surface area contributed by atoms with Gasteiger partial charge in [0.15, 0.2) is 0 Å². The fourth-order valence-corrected chi connectivity index (χ4v) is 8.43. The molecule has 0 saturated carbocycles. The Balaban J connectivity index is 0.000000446. The van der Waals surface area contributed by atoms with E-state index in [-0.39, 0.29) is 36.1 Å². The highest BCUT2D eigenvalue weighted by molar-refractivity contribution is 6.36. The zero-order chi connectivity index (χ0) is 47.0. The van der Waals surface area contributed by atoms with Crippen molar-refractivity contribution in [3.05, 3.63) is 88.4 Å². The molecule has 11 heteroatoms. The van der Waals surface area contributed by atoms with Gasteiger partial charge < -0.3 is 25.4 Å². The number of nitrogens with zero attached hydrogens (tertiary/aromatic N) is 3. The van der Waals surface area contributed by atoms with E-state index in [0.717, 1.165) is 78.8 Å². The lowest BCUT2D eigenvalue weighted by molar-refractivity contribution is -0.129. The number of aliphatic hydroxyl groups is 1. The maximum absolute atomic E-state index is 13.5. The second kappa shape index (κ2) is 25.0. The maximum atomic E-state index is 13.5. The number of amides is 3. The number of nitrogens with one attached hydrogen (secondary N) is 2. The minimum absolute atomic E-state index is 0.0178. The zero-order valence-corrected chi connectivity index (χ0v) is 41.1. The number of anilines is 1. The minimum Gasteiger partial charge on any atom is -0.481 e. The van der Waals surface area contributed by atoms with Crippen LogP contribution < -0.4 is 15.4 Å². The van der Waals surface area contributed by atoms with Crippen molar-refractivity contribution in [1.29, 1.82) is 0 Å². The first-order chi connectivity index (χ1) is 30.1. The molecule has 5 rings (SSSR count). The number of aliphatic hydroxyl groups excluding tert-OH is 1. The molecule has 3 atom stereocenters. The predicted octanol–water partition coefficient (Wildman–Crippen LogP) is 11.7. The Labute approximate surface area is 383 Å². The average molecular weight is 887 g/mol. The number of pyridine rings is 1. The molecular weight excluding hydrogens is 810 g/mol. The van der Waals surface area contributed by atoms with Gasteiger partial charge in [0.1, 0.15) is 11.4 Å². The predicted molar refractivity (Wildman–Crippen MR) is 261 cm³/mol. The van der Waals surface area contributed by atoms with Crippen molar-refractivity contribution in [2.75, 3.05) is 32.6 Å². The lowest BCUT2D eigenvalue weighted by atomic mass is 9.84. The number of aryl methyl sites for hydroxylation is 1. The number of benzene rings is 2. The van der Waals surface area contributed by atoms with Crippen LogP contribution in [0.4, 0.5) is 5.69 Å². The summed E-state index contributed by atoms with van der Waals surface area (Å²) in [5, 5.41) is 16.3. The maximum Gasteiger partial charge on any atom is 0.266 e. The Morgan fingerprint density at radius 1 is 1.03 bits per heavy atom. The molecule has 0 fully saturated rings. The molecule has 1 aliphatic carbocycles. The van der Waals surface area contributed by atoms with Gasteiger partial charge in [0.25, 0.3) is 11.8 Å². The Bertz CT molecular complexity index is 2060. The molecule has 2 heterocycles. The standard InChI is InChI=1S/C34H37ClN4O4.C16H33NO.C2H6/c1-6-9-24-23(10-8-13-28(24)36-32(41)27-19-39(16-17-40)21(3)38(4)34(27)42)25-11-7-12-26(31(25)35)29-18-22-15-14-20(2)30(22)33(37-29)43-5;1-7-13(5)11-12-16(9-3,10-4)17-15(18)14(6)8-2;1-2/h7-8,10-13,18-20,40H,3,6,9,14-17H2,1-2,4-5H3,(H,36,41);13-14H,7-12H2,1-6H3,(H,17,18);1-2H3. The zero-order valence-electron chi connectivity index (χ0n) is 40.3. The first-order valence-corrected chi connectivity index (χ1v) is 23.7. The molecule has 1 aromatic heterocycles. The number of rotatable bonds is 18. The van der Waals surface area contributed by atoms with Crippen molar-refractivity contribution in [3.63, 3.8) is 0 Å². The van der Waals surface area contributed by atoms with Crippen LogP contribution in [0.1, 0.15) is 143 Å². The number of hydrogen-bond acceptors (Lipinski definition) is 7. The molecule has 3 aromatic rings. The highest BCUT2D eigenvalue weighted by Gasteiger charge is 2.32. The Morgan fingerprint density at radius 3 is 2.29 bits per heavy atom. The molecule has 346 valence electrons. The van der Waals surface area contributed by atoms with Gasteiger partial charge in [-0.15, -0.1) is 0 Å². The average Bonchev–Trinajstić information content (AvgIpc) is 3.68. The van der Waals surface area contributed by atoms with Crippen molar-refractivity contribution in [2.24, 2.45) is 11.8 Å². The minimum atomic E-state index is -0.537. The van der Waals surface area contributed by atoms with E-state index >= 15 is 0 Å². The number of fused-ring (bicyclic) bond motifs is 1. The van der Waals surface area contributed by atoms with E-state index in [1.54, 1.807) is 19.1 Å². The molecule has 2 aliphatic rings. The SMILES string of the molecule is C=C1N(CCO)C=C(C(=O)Nc2cccc(-c3cccc(-c4cc5c(c(OC)n4)C(C)CC5)c3Cl)c2CCC)C(=O)N1C.CC.CCC(C)CCC(CC)(CC)NC(=O)C(C)CC. The Kier molecular flexibility index (Phi) is 20.9. The summed E-state index contributed by atoms with van der Waals surface area (Å²) < 4.78 is 5.69. The summed E-state index contributed by atoms with van der Waals surface area (Å²) in [5.74, 6) is 1.55. The molecule has 0 spiro atoms. The van der Waals surface area contributed by atoms with Gasteiger partial charge in [-0.05, 0) is 92.0 Å². The number of carbonyl (C=O) groups excluding carboxylic acids is 3. The molecule has 63 heavy (non-hydrogen) atoms. The van der Waals surface area contributed by atoms with E-state index in [9.17, 15) is 19.5 Å². The van der Waals surface area contributed by atoms with Gasteiger partial charge in [0.05, 0.1) is 24.4 Å². The van der Waals surface area contributed by atoms with Crippen LogP contribution in [-0.4, -0.2) is 70.5 Å². The van der Waals surface area contributed by atoms with Crippen LogP contribution in [0.3, 0.4) is 0 Å². The van der Waals surface area contributed by atoms with Gasteiger partial charge in [-0.25, -0.2) is 4.98 Å². The molecule has 1 aliphatic heterocycles. The van der Waals surface area contributed by atoms with Crippen LogP contribution in [0.15, 0.2) is 66.6 Å². The van der Waals surface area contributed by atoms with E-state index < -0.39 is 11.8 Å². The van der Waals surface area contributed by atoms with E-state index in [2.05, 4.69) is 71.7 Å². The normalized spacial score (nSPS) is 15.6. The molecular formula is C52H76ClN5O5. The van der Waals surface area contributed by atoms with Gasteiger partial charge in [-0.3, -0.25) is 19.3 Å². The number of halogens is 1. The molecule has 2 aromatic carbocycles. The summed E-state index contributed by atoms with van der Waals surface area (Å²) in [6.07, 6.45) is 11.5. The highest BCUT2D eigenvalue weighted by Crippen LogP contribution is 2.44. The fourth-order valence-electron chi connectivity index (χ4n) is 8.10. The van der Waals surface area contributed by atoms with Crippen LogP contribution in [0.5, 0.6) is 5.88 Å². The topological polar surface area (TPSA) is 124 Å².